The number of benzene rings is 2. The first-order valence-corrected chi connectivity index (χ1v) is 10.5. The first kappa shape index (κ1) is 19.2. The van der Waals surface area contributed by atoms with Gasteiger partial charge in [0.1, 0.15) is 6.33 Å². The second-order valence-electron chi connectivity index (χ2n) is 7.52. The highest BCUT2D eigenvalue weighted by Crippen LogP contribution is 2.27. The summed E-state index contributed by atoms with van der Waals surface area (Å²) < 4.78 is 12.4. The van der Waals surface area contributed by atoms with Crippen molar-refractivity contribution in [3.05, 3.63) is 67.4 Å². The lowest BCUT2D eigenvalue weighted by Gasteiger charge is -2.35. The van der Waals surface area contributed by atoms with E-state index >= 15 is 0 Å². The maximum atomic E-state index is 11.9. The highest BCUT2D eigenvalue weighted by Gasteiger charge is 2.22. The fourth-order valence-electron chi connectivity index (χ4n) is 4.03. The van der Waals surface area contributed by atoms with Crippen LogP contribution in [-0.2, 0) is 4.74 Å². The van der Waals surface area contributed by atoms with Crippen LogP contribution in [0.25, 0.3) is 27.8 Å². The van der Waals surface area contributed by atoms with Crippen molar-refractivity contribution in [3.8, 4) is 16.8 Å². The van der Waals surface area contributed by atoms with Crippen LogP contribution in [0.1, 0.15) is 6.92 Å². The molecule has 0 bridgehead atoms. The zero-order valence-electron chi connectivity index (χ0n) is 17.4. The summed E-state index contributed by atoms with van der Waals surface area (Å²) in [6, 6.07) is 16.6. The van der Waals surface area contributed by atoms with Gasteiger partial charge in [0.2, 0.25) is 0 Å². The number of fused-ring (bicyclic) bond motifs is 1. The lowest BCUT2D eigenvalue weighted by Crippen LogP contribution is -2.49. The predicted molar refractivity (Wildman–Crippen MR) is 120 cm³/mol. The number of furan rings is 1. The van der Waals surface area contributed by atoms with Gasteiger partial charge in [-0.05, 0) is 48.9 Å². The van der Waals surface area contributed by atoms with E-state index in [1.165, 1.54) is 0 Å². The van der Waals surface area contributed by atoms with E-state index < -0.39 is 0 Å². The predicted octanol–water partition coefficient (Wildman–Crippen LogP) is 4.56. The van der Waals surface area contributed by atoms with E-state index in [0.29, 0.717) is 19.7 Å². The summed E-state index contributed by atoms with van der Waals surface area (Å²) in [5.41, 5.74) is 6.31. The van der Waals surface area contributed by atoms with Gasteiger partial charge in [0, 0.05) is 43.1 Å². The number of anilines is 1. The zero-order chi connectivity index (χ0) is 21.2. The summed E-state index contributed by atoms with van der Waals surface area (Å²) in [4.78, 5) is 20.6. The van der Waals surface area contributed by atoms with Crippen LogP contribution in [0.15, 0.2) is 71.8 Å². The number of hydrogen-bond acceptors (Lipinski definition) is 5. The van der Waals surface area contributed by atoms with Gasteiger partial charge in [-0.1, -0.05) is 12.1 Å². The number of carbonyl (C=O) groups excluding carboxylic acids is 1. The minimum absolute atomic E-state index is 0.226. The molecule has 0 aliphatic carbocycles. The second kappa shape index (κ2) is 8.18. The van der Waals surface area contributed by atoms with Crippen LogP contribution in [0, 0.1) is 0 Å². The van der Waals surface area contributed by atoms with Gasteiger partial charge in [-0.2, -0.15) is 0 Å². The molecule has 0 N–H and O–H groups in total. The minimum atomic E-state index is -0.226. The molecule has 1 saturated heterocycles. The monoisotopic (exact) mass is 416 g/mol. The molecule has 1 amide bonds. The van der Waals surface area contributed by atoms with E-state index in [9.17, 15) is 4.79 Å². The Morgan fingerprint density at radius 3 is 2.65 bits per heavy atom. The summed E-state index contributed by atoms with van der Waals surface area (Å²) in [5, 5.41) is 0. The largest absolute Gasteiger partial charge is 0.472 e. The quantitative estimate of drug-likeness (QED) is 0.488. The first-order valence-electron chi connectivity index (χ1n) is 10.5. The normalized spacial score (nSPS) is 14.2. The third kappa shape index (κ3) is 3.74. The lowest BCUT2D eigenvalue weighted by molar-refractivity contribution is 0.105. The van der Waals surface area contributed by atoms with Gasteiger partial charge in [0.05, 0.1) is 30.2 Å². The molecule has 7 nitrogen and oxygen atoms in total. The molecule has 3 heterocycles. The maximum absolute atomic E-state index is 11.9. The van der Waals surface area contributed by atoms with Crippen LogP contribution in [0.5, 0.6) is 0 Å². The average molecular weight is 416 g/mol. The number of rotatable bonds is 4. The Morgan fingerprint density at radius 1 is 1.03 bits per heavy atom. The Kier molecular flexibility index (Phi) is 5.08. The zero-order valence-corrected chi connectivity index (χ0v) is 17.4. The number of nitrogens with zero attached hydrogens (tertiary/aromatic N) is 4. The van der Waals surface area contributed by atoms with Gasteiger partial charge >= 0.3 is 6.09 Å². The fourth-order valence-corrected chi connectivity index (χ4v) is 4.03. The number of ether oxygens (including phenoxy) is 1. The molecule has 0 spiro atoms. The molecule has 2 aromatic heterocycles. The molecular weight excluding hydrogens is 392 g/mol. The smallest absolute Gasteiger partial charge is 0.409 e. The summed E-state index contributed by atoms with van der Waals surface area (Å²) in [6.45, 7) is 5.12. The van der Waals surface area contributed by atoms with Crippen LogP contribution in [0.2, 0.25) is 0 Å². The molecule has 0 radical (unpaired) electrons. The van der Waals surface area contributed by atoms with Gasteiger partial charge < -0.3 is 19.0 Å². The molecular formula is C24H24N4O3. The molecule has 2 aromatic carbocycles. The van der Waals surface area contributed by atoms with Gasteiger partial charge in [-0.25, -0.2) is 9.78 Å². The molecule has 0 saturated carbocycles. The second-order valence-corrected chi connectivity index (χ2v) is 7.52. The van der Waals surface area contributed by atoms with Crippen molar-refractivity contribution in [3.63, 3.8) is 0 Å². The fraction of sp³-hybridized carbons (Fsp3) is 0.250. The summed E-state index contributed by atoms with van der Waals surface area (Å²) >= 11 is 0. The van der Waals surface area contributed by atoms with Gasteiger partial charge in [0.25, 0.3) is 0 Å². The van der Waals surface area contributed by atoms with Gasteiger partial charge in [-0.3, -0.25) is 4.57 Å². The number of piperazine rings is 1. The van der Waals surface area contributed by atoms with E-state index in [1.807, 2.05) is 19.3 Å². The number of hydrogen-bond donors (Lipinski definition) is 0. The van der Waals surface area contributed by atoms with Crippen molar-refractivity contribution >= 4 is 22.8 Å². The number of amides is 1. The summed E-state index contributed by atoms with van der Waals surface area (Å²) in [5.74, 6) is 0. The molecule has 1 aliphatic rings. The summed E-state index contributed by atoms with van der Waals surface area (Å²) in [7, 11) is 0. The topological polar surface area (TPSA) is 63.7 Å². The Hall–Kier alpha value is -3.74. The molecule has 1 aliphatic heterocycles. The molecule has 1 fully saturated rings. The Bertz CT molecular complexity index is 1190. The van der Waals surface area contributed by atoms with E-state index in [4.69, 9.17) is 9.15 Å². The van der Waals surface area contributed by atoms with Crippen molar-refractivity contribution in [2.75, 3.05) is 37.7 Å². The van der Waals surface area contributed by atoms with Crippen molar-refractivity contribution in [2.45, 2.75) is 6.92 Å². The van der Waals surface area contributed by atoms with E-state index in [1.54, 1.807) is 17.4 Å². The van der Waals surface area contributed by atoms with Crippen LogP contribution in [0.3, 0.4) is 0 Å². The highest BCUT2D eigenvalue weighted by molar-refractivity contribution is 5.83. The molecule has 5 rings (SSSR count). The molecule has 158 valence electrons. The van der Waals surface area contributed by atoms with Crippen LogP contribution in [-0.4, -0.2) is 53.3 Å². The van der Waals surface area contributed by atoms with Crippen LogP contribution >= 0.6 is 0 Å². The van der Waals surface area contributed by atoms with E-state index in [-0.39, 0.29) is 6.09 Å². The van der Waals surface area contributed by atoms with Crippen molar-refractivity contribution in [1.29, 1.82) is 0 Å². The third-order valence-electron chi connectivity index (χ3n) is 5.68. The first-order chi connectivity index (χ1) is 15.2. The van der Waals surface area contributed by atoms with Crippen molar-refractivity contribution in [2.24, 2.45) is 0 Å². The summed E-state index contributed by atoms with van der Waals surface area (Å²) in [6.07, 6.45) is 5.05. The van der Waals surface area contributed by atoms with Crippen LogP contribution in [0.4, 0.5) is 10.5 Å². The van der Waals surface area contributed by atoms with Crippen molar-refractivity contribution in [1.82, 2.24) is 14.5 Å². The Morgan fingerprint density at radius 2 is 1.87 bits per heavy atom. The number of carbonyl (C=O) groups is 1. The van der Waals surface area contributed by atoms with E-state index in [2.05, 4.69) is 56.9 Å². The highest BCUT2D eigenvalue weighted by atomic mass is 16.6. The van der Waals surface area contributed by atoms with Crippen molar-refractivity contribution < 1.29 is 13.9 Å². The lowest BCUT2D eigenvalue weighted by atomic mass is 10.1. The van der Waals surface area contributed by atoms with Crippen LogP contribution < -0.4 is 4.90 Å². The SMILES string of the molecule is CCOC(=O)N1CCN(c2cccc(-n3cnc4cc(-c5ccoc5)ccc43)c2)CC1. The van der Waals surface area contributed by atoms with E-state index in [0.717, 1.165) is 46.6 Å². The maximum Gasteiger partial charge on any atom is 0.409 e. The molecule has 31 heavy (non-hydrogen) atoms. The average Bonchev–Trinajstić information content (AvgIpc) is 3.49. The minimum Gasteiger partial charge on any atom is -0.472 e. The van der Waals surface area contributed by atoms with Gasteiger partial charge in [-0.15, -0.1) is 0 Å². The standard InChI is InChI=1S/C24H24N4O3/c1-2-31-24(29)27-11-9-26(10-12-27)20-4-3-5-21(15-20)28-17-25-22-14-18(6-7-23(22)28)19-8-13-30-16-19/h3-8,13-17H,2,9-12H2,1H3. The Balaban J connectivity index is 1.37. The Labute approximate surface area is 180 Å². The molecule has 0 unspecified atom stereocenters. The molecule has 4 aromatic rings. The van der Waals surface area contributed by atoms with Gasteiger partial charge in [0.15, 0.2) is 0 Å². The third-order valence-corrected chi connectivity index (χ3v) is 5.68. The molecule has 7 heteroatoms. The number of aromatic nitrogens is 2. The molecule has 0 atom stereocenters. The number of imidazole rings is 1.